The van der Waals surface area contributed by atoms with E-state index in [2.05, 4.69) is 12.2 Å². The largest absolute Gasteiger partial charge is 0.391 e. The maximum atomic E-state index is 9.26. The molecule has 1 saturated heterocycles. The molecular weight excluding hydrogens is 150 g/mol. The van der Waals surface area contributed by atoms with Crippen LogP contribution in [0.4, 0.5) is 0 Å². The highest BCUT2D eigenvalue weighted by Crippen LogP contribution is 2.14. The van der Waals surface area contributed by atoms with Gasteiger partial charge >= 0.3 is 0 Å². The molecule has 2 N–H and O–H groups in total. The van der Waals surface area contributed by atoms with E-state index in [4.69, 9.17) is 0 Å². The summed E-state index contributed by atoms with van der Waals surface area (Å²) in [6.07, 6.45) is 2.27. The van der Waals surface area contributed by atoms with Crippen LogP contribution in [0.5, 0.6) is 0 Å². The zero-order chi connectivity index (χ0) is 6.69. The van der Waals surface area contributed by atoms with Crippen molar-refractivity contribution in [2.45, 2.75) is 25.9 Å². The van der Waals surface area contributed by atoms with Gasteiger partial charge in [-0.3, -0.25) is 0 Å². The van der Waals surface area contributed by atoms with Crippen LogP contribution in [0.25, 0.3) is 0 Å². The van der Waals surface area contributed by atoms with Gasteiger partial charge in [-0.15, -0.1) is 12.4 Å². The fraction of sp³-hybridized carbons (Fsp3) is 1.00. The van der Waals surface area contributed by atoms with Gasteiger partial charge in [-0.25, -0.2) is 0 Å². The number of aliphatic hydroxyl groups is 1. The Hall–Kier alpha value is 0.210. The number of nitrogens with one attached hydrogen (secondary N) is 1. The van der Waals surface area contributed by atoms with E-state index in [0.717, 1.165) is 19.5 Å². The van der Waals surface area contributed by atoms with E-state index in [1.807, 2.05) is 0 Å². The smallest absolute Gasteiger partial charge is 0.0704 e. The standard InChI is InChI=1S/C7H15NO.ClH/c1-2-3-6-4-8-5-7(6)9;/h6-9H,2-5H2,1H3;1H/t6-,7-;/m1./s1. The van der Waals surface area contributed by atoms with Crippen LogP contribution in [0.2, 0.25) is 0 Å². The van der Waals surface area contributed by atoms with Gasteiger partial charge in [-0.05, 0) is 12.3 Å². The highest BCUT2D eigenvalue weighted by atomic mass is 35.5. The second-order valence-corrected chi connectivity index (χ2v) is 2.77. The van der Waals surface area contributed by atoms with Crippen molar-refractivity contribution in [1.29, 1.82) is 0 Å². The number of rotatable bonds is 2. The second-order valence-electron chi connectivity index (χ2n) is 2.77. The number of hydrogen-bond donors (Lipinski definition) is 2. The van der Waals surface area contributed by atoms with Crippen LogP contribution in [0.1, 0.15) is 19.8 Å². The van der Waals surface area contributed by atoms with E-state index >= 15 is 0 Å². The molecule has 62 valence electrons. The maximum Gasteiger partial charge on any atom is 0.0704 e. The Labute approximate surface area is 68.4 Å². The summed E-state index contributed by atoms with van der Waals surface area (Å²) in [4.78, 5) is 0. The third kappa shape index (κ3) is 2.45. The second kappa shape index (κ2) is 4.94. The lowest BCUT2D eigenvalue weighted by Crippen LogP contribution is -2.17. The van der Waals surface area contributed by atoms with Crippen molar-refractivity contribution < 1.29 is 5.11 Å². The van der Waals surface area contributed by atoms with E-state index in [0.29, 0.717) is 5.92 Å². The normalized spacial score (nSPS) is 31.8. The van der Waals surface area contributed by atoms with Crippen molar-refractivity contribution in [1.82, 2.24) is 5.32 Å². The molecule has 1 rings (SSSR count). The van der Waals surface area contributed by atoms with Gasteiger partial charge in [0.05, 0.1) is 6.10 Å². The van der Waals surface area contributed by atoms with Crippen LogP contribution in [0, 0.1) is 5.92 Å². The molecule has 1 fully saturated rings. The van der Waals surface area contributed by atoms with Gasteiger partial charge in [0.15, 0.2) is 0 Å². The molecule has 0 bridgehead atoms. The van der Waals surface area contributed by atoms with E-state index in [1.165, 1.54) is 6.42 Å². The maximum absolute atomic E-state index is 9.26. The molecule has 0 unspecified atom stereocenters. The first-order valence-corrected chi connectivity index (χ1v) is 3.73. The van der Waals surface area contributed by atoms with Gasteiger partial charge in [-0.1, -0.05) is 13.3 Å². The molecule has 2 atom stereocenters. The molecule has 0 spiro atoms. The van der Waals surface area contributed by atoms with Crippen molar-refractivity contribution in [3.05, 3.63) is 0 Å². The van der Waals surface area contributed by atoms with Gasteiger partial charge in [0.1, 0.15) is 0 Å². The highest BCUT2D eigenvalue weighted by molar-refractivity contribution is 5.85. The summed E-state index contributed by atoms with van der Waals surface area (Å²) in [5.74, 6) is 0.523. The summed E-state index contributed by atoms with van der Waals surface area (Å²) < 4.78 is 0. The highest BCUT2D eigenvalue weighted by Gasteiger charge is 2.23. The third-order valence-electron chi connectivity index (χ3n) is 1.96. The first-order chi connectivity index (χ1) is 4.34. The van der Waals surface area contributed by atoms with Crippen LogP contribution in [-0.2, 0) is 0 Å². The molecule has 0 radical (unpaired) electrons. The average molecular weight is 166 g/mol. The quantitative estimate of drug-likeness (QED) is 0.634. The van der Waals surface area contributed by atoms with Crippen molar-refractivity contribution >= 4 is 12.4 Å². The van der Waals surface area contributed by atoms with Crippen molar-refractivity contribution in [2.75, 3.05) is 13.1 Å². The summed E-state index contributed by atoms with van der Waals surface area (Å²) in [5.41, 5.74) is 0. The number of β-amino-alcohol motifs (C(OH)–C–C–N with tert-alkyl or cyclic N) is 1. The molecular formula is C7H16ClNO. The van der Waals surface area contributed by atoms with Gasteiger partial charge in [0.25, 0.3) is 0 Å². The van der Waals surface area contributed by atoms with Crippen LogP contribution in [0.3, 0.4) is 0 Å². The molecule has 1 aliphatic heterocycles. The van der Waals surface area contributed by atoms with Crippen molar-refractivity contribution in [3.63, 3.8) is 0 Å². The minimum atomic E-state index is -0.0788. The van der Waals surface area contributed by atoms with Crippen LogP contribution >= 0.6 is 12.4 Å². The summed E-state index contributed by atoms with van der Waals surface area (Å²) in [6.45, 7) is 3.96. The molecule has 10 heavy (non-hydrogen) atoms. The lowest BCUT2D eigenvalue weighted by Gasteiger charge is -2.10. The molecule has 2 nitrogen and oxygen atoms in total. The summed E-state index contributed by atoms with van der Waals surface area (Å²) >= 11 is 0. The minimum absolute atomic E-state index is 0. The molecule has 0 saturated carbocycles. The van der Waals surface area contributed by atoms with Gasteiger partial charge in [0, 0.05) is 13.1 Å². The molecule has 0 aromatic rings. The predicted octanol–water partition coefficient (Wildman–Crippen LogP) is 0.789. The van der Waals surface area contributed by atoms with E-state index in [1.54, 1.807) is 0 Å². The molecule has 0 aromatic heterocycles. The molecule has 0 aliphatic carbocycles. The average Bonchev–Trinajstić information content (AvgIpc) is 2.18. The van der Waals surface area contributed by atoms with Crippen LogP contribution < -0.4 is 5.32 Å². The molecule has 0 aromatic carbocycles. The van der Waals surface area contributed by atoms with Crippen molar-refractivity contribution in [2.24, 2.45) is 5.92 Å². The topological polar surface area (TPSA) is 32.3 Å². The molecule has 0 amide bonds. The molecule has 3 heteroatoms. The zero-order valence-electron chi connectivity index (χ0n) is 6.34. The lowest BCUT2D eigenvalue weighted by molar-refractivity contribution is 0.142. The van der Waals surface area contributed by atoms with Crippen LogP contribution in [0.15, 0.2) is 0 Å². The molecule has 1 heterocycles. The first-order valence-electron chi connectivity index (χ1n) is 3.73. The fourth-order valence-electron chi connectivity index (χ4n) is 1.38. The first kappa shape index (κ1) is 10.2. The van der Waals surface area contributed by atoms with Gasteiger partial charge in [0.2, 0.25) is 0 Å². The van der Waals surface area contributed by atoms with E-state index in [-0.39, 0.29) is 18.5 Å². The summed E-state index contributed by atoms with van der Waals surface area (Å²) in [5, 5.41) is 12.4. The Kier molecular flexibility index (Phi) is 5.04. The lowest BCUT2D eigenvalue weighted by atomic mass is 10.0. The number of aliphatic hydroxyl groups excluding tert-OH is 1. The SMILES string of the molecule is CCC[C@@H]1CNC[C@H]1O.Cl. The zero-order valence-corrected chi connectivity index (χ0v) is 7.16. The fourth-order valence-corrected chi connectivity index (χ4v) is 1.38. The summed E-state index contributed by atoms with van der Waals surface area (Å²) in [6, 6.07) is 0. The van der Waals surface area contributed by atoms with E-state index < -0.39 is 0 Å². The molecule has 1 aliphatic rings. The Bertz CT molecular complexity index is 89.7. The number of hydrogen-bond acceptors (Lipinski definition) is 2. The van der Waals surface area contributed by atoms with Crippen molar-refractivity contribution in [3.8, 4) is 0 Å². The third-order valence-corrected chi connectivity index (χ3v) is 1.96. The van der Waals surface area contributed by atoms with Crippen LogP contribution in [-0.4, -0.2) is 24.3 Å². The van der Waals surface area contributed by atoms with E-state index in [9.17, 15) is 5.11 Å². The Balaban J connectivity index is 0.000000810. The summed E-state index contributed by atoms with van der Waals surface area (Å²) in [7, 11) is 0. The number of halogens is 1. The Morgan fingerprint density at radius 3 is 2.60 bits per heavy atom. The monoisotopic (exact) mass is 165 g/mol. The Morgan fingerprint density at radius 1 is 1.50 bits per heavy atom. The minimum Gasteiger partial charge on any atom is -0.391 e. The Morgan fingerprint density at radius 2 is 2.20 bits per heavy atom. The van der Waals surface area contributed by atoms with Gasteiger partial charge < -0.3 is 10.4 Å². The van der Waals surface area contributed by atoms with Gasteiger partial charge in [-0.2, -0.15) is 0 Å². The predicted molar refractivity (Wildman–Crippen MR) is 44.5 cm³/mol.